The quantitative estimate of drug-likeness (QED) is 0.0696. The highest BCUT2D eigenvalue weighted by molar-refractivity contribution is 6.23. The number of hydrogen-bond acceptors (Lipinski definition) is 11. The predicted octanol–water partition coefficient (Wildman–Crippen LogP) is 7.08. The maximum Gasteiger partial charge on any atom is 0.421 e. The Bertz CT molecular complexity index is 2820. The Hall–Kier alpha value is -7.63. The zero-order valence-corrected chi connectivity index (χ0v) is 37.7. The van der Waals surface area contributed by atoms with E-state index in [-0.39, 0.29) is 31.2 Å². The van der Waals surface area contributed by atoms with Crippen molar-refractivity contribution in [3.05, 3.63) is 197 Å². The number of methoxy groups -OCH3 is 1. The van der Waals surface area contributed by atoms with E-state index in [0.717, 1.165) is 21.7 Å². The molecule has 6 unspecified atom stereocenters. The number of benzene rings is 5. The number of ether oxygens (including phenoxy) is 3. The summed E-state index contributed by atoms with van der Waals surface area (Å²) in [6, 6.07) is 42.8. The van der Waals surface area contributed by atoms with Gasteiger partial charge in [0.1, 0.15) is 29.9 Å². The Morgan fingerprint density at radius 3 is 2.21 bits per heavy atom. The van der Waals surface area contributed by atoms with E-state index in [1.54, 1.807) is 42.6 Å². The van der Waals surface area contributed by atoms with Crippen molar-refractivity contribution in [1.29, 1.82) is 0 Å². The molecule has 13 heteroatoms. The summed E-state index contributed by atoms with van der Waals surface area (Å²) in [4.78, 5) is 71.1. The minimum atomic E-state index is -2.01. The van der Waals surface area contributed by atoms with Gasteiger partial charge in [-0.15, -0.1) is 0 Å². The summed E-state index contributed by atoms with van der Waals surface area (Å²) >= 11 is 0. The van der Waals surface area contributed by atoms with Crippen LogP contribution in [0.2, 0.25) is 0 Å². The first kappa shape index (κ1) is 45.5. The van der Waals surface area contributed by atoms with E-state index in [0.29, 0.717) is 41.8 Å². The first-order valence-electron chi connectivity index (χ1n) is 22.6. The summed E-state index contributed by atoms with van der Waals surface area (Å²) in [5.74, 6) is 2.96. The van der Waals surface area contributed by atoms with E-state index < -0.39 is 59.4 Å². The van der Waals surface area contributed by atoms with Crippen LogP contribution >= 0.6 is 0 Å². The van der Waals surface area contributed by atoms with Gasteiger partial charge in [-0.1, -0.05) is 121 Å². The molecule has 1 aromatic heterocycles. The summed E-state index contributed by atoms with van der Waals surface area (Å²) in [6.07, 6.45) is 0.154. The number of hydrogen-bond donors (Lipinski definition) is 2. The third-order valence-corrected chi connectivity index (χ3v) is 12.9. The van der Waals surface area contributed by atoms with Crippen LogP contribution in [0.25, 0.3) is 0 Å². The number of aromatic nitrogens is 1. The summed E-state index contributed by atoms with van der Waals surface area (Å²) in [7, 11) is 3.45. The Kier molecular flexibility index (Phi) is 13.4. The molecule has 0 aliphatic carbocycles. The normalized spacial score (nSPS) is 21.7. The van der Waals surface area contributed by atoms with Gasteiger partial charge in [-0.3, -0.25) is 29.2 Å². The summed E-state index contributed by atoms with van der Waals surface area (Å²) in [5.41, 5.74) is 2.84. The molecule has 2 fully saturated rings. The lowest BCUT2D eigenvalue weighted by atomic mass is 9.65. The minimum absolute atomic E-state index is 0.0303. The van der Waals surface area contributed by atoms with E-state index in [4.69, 9.17) is 14.2 Å². The number of amides is 3. The summed E-state index contributed by atoms with van der Waals surface area (Å²) in [6.45, 7) is 1.11. The van der Waals surface area contributed by atoms with Crippen LogP contribution in [0.5, 0.6) is 5.75 Å². The largest absolute Gasteiger partial charge is 0.508 e. The molecule has 4 heterocycles. The van der Waals surface area contributed by atoms with Crippen LogP contribution in [0.4, 0.5) is 10.5 Å². The summed E-state index contributed by atoms with van der Waals surface area (Å²) < 4.78 is 17.4. The predicted molar refractivity (Wildman–Crippen MR) is 254 cm³/mol. The molecule has 3 aliphatic rings. The number of imide groups is 1. The Morgan fingerprint density at radius 1 is 0.824 bits per heavy atom. The van der Waals surface area contributed by atoms with Crippen molar-refractivity contribution in [3.8, 4) is 17.6 Å². The van der Waals surface area contributed by atoms with E-state index >= 15 is 14.4 Å². The van der Waals surface area contributed by atoms with E-state index in [9.17, 15) is 9.90 Å². The standard InChI is InChI=1S/C55H51N5O8/c1-58(36-38-15-6-3-7-16-38)32-14-17-37-23-28-45-44(35-37)55(53(64)59(45)54(65)67-34-33-66-2)46(51(62)57-31-29-42-22-12-13-30-56-42)48-52(63)68-49(40-20-10-5-11-21-40)47(39-18-8-4-9-19-39)60(48)50(55)41-24-26-43(61)27-25-41/h3-13,15-16,18-28,30,35,46-50,61H,29,31-34,36H2,1-2H3,(H,57,62). The Labute approximate surface area is 395 Å². The highest BCUT2D eigenvalue weighted by Gasteiger charge is 2.75. The highest BCUT2D eigenvalue weighted by Crippen LogP contribution is 2.66. The summed E-state index contributed by atoms with van der Waals surface area (Å²) in [5, 5.41) is 13.8. The van der Waals surface area contributed by atoms with E-state index in [2.05, 4.69) is 39.2 Å². The molecule has 6 aromatic rings. The molecule has 0 radical (unpaired) electrons. The van der Waals surface area contributed by atoms with Crippen molar-refractivity contribution in [2.24, 2.45) is 5.92 Å². The van der Waals surface area contributed by atoms with Gasteiger partial charge >= 0.3 is 12.1 Å². The molecule has 9 rings (SSSR count). The van der Waals surface area contributed by atoms with Crippen molar-refractivity contribution >= 4 is 29.6 Å². The lowest BCUT2D eigenvalue weighted by molar-refractivity contribution is -0.178. The fourth-order valence-corrected chi connectivity index (χ4v) is 10.1. The molecule has 68 heavy (non-hydrogen) atoms. The van der Waals surface area contributed by atoms with Gasteiger partial charge < -0.3 is 24.6 Å². The van der Waals surface area contributed by atoms with Gasteiger partial charge in [0.2, 0.25) is 11.8 Å². The third kappa shape index (κ3) is 8.73. The second-order valence-corrected chi connectivity index (χ2v) is 17.2. The van der Waals surface area contributed by atoms with Crippen LogP contribution in [0.1, 0.15) is 57.3 Å². The van der Waals surface area contributed by atoms with Crippen LogP contribution in [0.3, 0.4) is 0 Å². The number of phenolic OH excluding ortho intramolecular Hbond substituents is 1. The van der Waals surface area contributed by atoms with Crippen LogP contribution in [0, 0.1) is 17.8 Å². The number of aromatic hydroxyl groups is 1. The average molecular weight is 910 g/mol. The number of anilines is 1. The number of phenols is 1. The van der Waals surface area contributed by atoms with Crippen molar-refractivity contribution in [1.82, 2.24) is 20.1 Å². The maximum absolute atomic E-state index is 16.3. The number of carbonyl (C=O) groups excluding carboxylic acids is 4. The van der Waals surface area contributed by atoms with Gasteiger partial charge in [-0.2, -0.15) is 0 Å². The monoisotopic (exact) mass is 909 g/mol. The Balaban J connectivity index is 1.27. The molecule has 0 saturated carbocycles. The lowest BCUT2D eigenvalue weighted by Crippen LogP contribution is -2.56. The maximum atomic E-state index is 16.3. The number of fused-ring (bicyclic) bond motifs is 3. The zero-order chi connectivity index (χ0) is 47.2. The molecular weight excluding hydrogens is 859 g/mol. The van der Waals surface area contributed by atoms with E-state index in [1.807, 2.05) is 103 Å². The SMILES string of the molecule is COCCOC(=O)N1C(=O)C2(c3cc(C#CCN(C)Cc4ccccc4)ccc31)C(C(=O)NCCc1ccccn1)C1C(=O)OC(c3ccccc3)C(c3ccccc3)N1C2c1ccc(O)cc1. The van der Waals surface area contributed by atoms with Crippen molar-refractivity contribution in [2.75, 3.05) is 45.4 Å². The lowest BCUT2D eigenvalue weighted by Gasteiger charge is -2.46. The number of esters is 1. The van der Waals surface area contributed by atoms with Crippen LogP contribution in [-0.2, 0) is 47.0 Å². The van der Waals surface area contributed by atoms with Crippen LogP contribution in [0.15, 0.2) is 158 Å². The molecule has 5 aromatic carbocycles. The molecular formula is C55H51N5O8. The number of nitrogens with one attached hydrogen (secondary N) is 1. The number of pyridine rings is 1. The molecule has 0 bridgehead atoms. The zero-order valence-electron chi connectivity index (χ0n) is 37.7. The second kappa shape index (κ2) is 20.1. The molecule has 344 valence electrons. The third-order valence-electron chi connectivity index (χ3n) is 12.9. The number of morpholine rings is 1. The molecule has 2 saturated heterocycles. The minimum Gasteiger partial charge on any atom is -0.508 e. The van der Waals surface area contributed by atoms with E-state index in [1.165, 1.54) is 19.2 Å². The van der Waals surface area contributed by atoms with Crippen LogP contribution in [-0.4, -0.2) is 90.3 Å². The fraction of sp³-hybridized carbons (Fsp3) is 0.255. The van der Waals surface area contributed by atoms with Gasteiger partial charge in [0.05, 0.1) is 36.8 Å². The number of carbonyl (C=O) groups is 4. The molecule has 3 amide bonds. The van der Waals surface area contributed by atoms with Gasteiger partial charge in [-0.05, 0) is 77.3 Å². The van der Waals surface area contributed by atoms with Crippen LogP contribution < -0.4 is 10.2 Å². The topological polar surface area (TPSA) is 151 Å². The smallest absolute Gasteiger partial charge is 0.421 e. The molecule has 3 aliphatic heterocycles. The van der Waals surface area contributed by atoms with Gasteiger partial charge in [0, 0.05) is 44.1 Å². The second-order valence-electron chi connectivity index (χ2n) is 17.2. The molecule has 6 atom stereocenters. The molecule has 2 N–H and O–H groups in total. The van der Waals surface area contributed by atoms with Crippen molar-refractivity contribution < 1.29 is 38.5 Å². The van der Waals surface area contributed by atoms with Gasteiger partial charge in [0.25, 0.3) is 0 Å². The van der Waals surface area contributed by atoms with Gasteiger partial charge in [-0.25, -0.2) is 9.69 Å². The molecule has 1 spiro atoms. The highest BCUT2D eigenvalue weighted by atomic mass is 16.6. The number of nitrogens with zero attached hydrogens (tertiary/aromatic N) is 4. The number of rotatable bonds is 13. The Morgan fingerprint density at radius 2 is 1.51 bits per heavy atom. The number of cyclic esters (lactones) is 1. The fourth-order valence-electron chi connectivity index (χ4n) is 10.1. The van der Waals surface area contributed by atoms with Gasteiger partial charge in [0.15, 0.2) is 0 Å². The first-order chi connectivity index (χ1) is 33.2. The average Bonchev–Trinajstić information content (AvgIpc) is 3.81. The van der Waals surface area contributed by atoms with Crippen molar-refractivity contribution in [2.45, 2.75) is 42.6 Å². The van der Waals surface area contributed by atoms with Crippen molar-refractivity contribution in [3.63, 3.8) is 0 Å². The molecule has 13 nitrogen and oxygen atoms in total. The first-order valence-corrected chi connectivity index (χ1v) is 22.6.